The predicted octanol–water partition coefficient (Wildman–Crippen LogP) is 3.85. The highest BCUT2D eigenvalue weighted by atomic mass is 19.3. The maximum Gasteiger partial charge on any atom is 0.511 e. The molecule has 140 valence electrons. The third-order valence-electron chi connectivity index (χ3n) is 3.69. The number of ether oxygens (including phenoxy) is 2. The van der Waals surface area contributed by atoms with Crippen molar-refractivity contribution < 1.29 is 32.5 Å². The molecule has 0 spiro atoms. The Hall–Kier alpha value is -3.49. The molecule has 3 aromatic rings. The molecule has 3 rings (SSSR count). The van der Waals surface area contributed by atoms with Crippen LogP contribution in [0.2, 0.25) is 0 Å². The van der Waals surface area contributed by atoms with Gasteiger partial charge >= 0.3 is 12.8 Å². The second-order valence-corrected chi connectivity index (χ2v) is 5.48. The highest BCUT2D eigenvalue weighted by molar-refractivity contribution is 5.81. The van der Waals surface area contributed by atoms with Gasteiger partial charge in [0.25, 0.3) is 0 Å². The van der Waals surface area contributed by atoms with Gasteiger partial charge in [0.2, 0.25) is 5.43 Å². The topological polar surface area (TPSA) is 77.8 Å². The first-order chi connectivity index (χ1) is 12.8. The number of benzene rings is 2. The van der Waals surface area contributed by atoms with E-state index in [4.69, 9.17) is 5.11 Å². The summed E-state index contributed by atoms with van der Waals surface area (Å²) in [5.41, 5.74) is -0.388. The first-order valence-corrected chi connectivity index (χ1v) is 7.61. The molecule has 0 radical (unpaired) electrons. The maximum atomic E-state index is 14.3. The van der Waals surface area contributed by atoms with Crippen molar-refractivity contribution >= 4 is 17.1 Å². The lowest BCUT2D eigenvalue weighted by Crippen LogP contribution is -2.17. The summed E-state index contributed by atoms with van der Waals surface area (Å²) in [5, 5.41) is 8.71. The molecule has 27 heavy (non-hydrogen) atoms. The van der Waals surface area contributed by atoms with Gasteiger partial charge in [-0.3, -0.25) is 4.79 Å². The normalized spacial score (nSPS) is 11.0. The van der Waals surface area contributed by atoms with Crippen LogP contribution in [0.4, 0.5) is 18.0 Å². The van der Waals surface area contributed by atoms with E-state index >= 15 is 0 Å². The Morgan fingerprint density at radius 2 is 1.93 bits per heavy atom. The van der Waals surface area contributed by atoms with Crippen LogP contribution >= 0.6 is 0 Å². The number of carbonyl (C=O) groups is 1. The largest absolute Gasteiger partial charge is 0.511 e. The number of hydrogen-bond donors (Lipinski definition) is 1. The smallest absolute Gasteiger partial charge is 0.449 e. The highest BCUT2D eigenvalue weighted by Crippen LogP contribution is 2.22. The van der Waals surface area contributed by atoms with E-state index in [-0.39, 0.29) is 23.2 Å². The average Bonchev–Trinajstić information content (AvgIpc) is 2.58. The zero-order valence-corrected chi connectivity index (χ0v) is 13.6. The molecule has 0 amide bonds. The Morgan fingerprint density at radius 3 is 2.63 bits per heavy atom. The highest BCUT2D eigenvalue weighted by Gasteiger charge is 2.16. The molecule has 0 saturated carbocycles. The van der Waals surface area contributed by atoms with Crippen molar-refractivity contribution in [2.24, 2.45) is 0 Å². The maximum absolute atomic E-state index is 14.3. The number of rotatable bonds is 5. The SMILES string of the molecule is O=C(O)Oc1cn(Cc2cccc(OC(F)F)c2)c2c(F)cccc2c1=O. The van der Waals surface area contributed by atoms with Crippen LogP contribution in [0, 0.1) is 5.82 Å². The number of carboxylic acid groups (broad SMARTS) is 1. The van der Waals surface area contributed by atoms with Crippen LogP contribution in [0.5, 0.6) is 11.5 Å². The Labute approximate surface area is 150 Å². The predicted molar refractivity (Wildman–Crippen MR) is 89.0 cm³/mol. The summed E-state index contributed by atoms with van der Waals surface area (Å²) in [6.07, 6.45) is -0.635. The molecule has 0 aliphatic carbocycles. The number of fused-ring (bicyclic) bond motifs is 1. The first kappa shape index (κ1) is 18.3. The van der Waals surface area contributed by atoms with Crippen LogP contribution < -0.4 is 14.9 Å². The fraction of sp³-hybridized carbons (Fsp3) is 0.111. The van der Waals surface area contributed by atoms with Crippen LogP contribution in [0.3, 0.4) is 0 Å². The van der Waals surface area contributed by atoms with Crippen LogP contribution in [0.1, 0.15) is 5.56 Å². The van der Waals surface area contributed by atoms with Gasteiger partial charge in [-0.2, -0.15) is 8.78 Å². The Kier molecular flexibility index (Phi) is 5.02. The number of halogens is 3. The molecule has 2 aromatic carbocycles. The Balaban J connectivity index is 2.12. The van der Waals surface area contributed by atoms with Gasteiger partial charge < -0.3 is 19.1 Å². The summed E-state index contributed by atoms with van der Waals surface area (Å²) in [7, 11) is 0. The average molecular weight is 379 g/mol. The third kappa shape index (κ3) is 4.02. The molecule has 0 saturated heterocycles. The second-order valence-electron chi connectivity index (χ2n) is 5.48. The summed E-state index contributed by atoms with van der Waals surface area (Å²) in [6.45, 7) is -3.05. The van der Waals surface area contributed by atoms with Gasteiger partial charge in [-0.05, 0) is 29.8 Å². The molecular weight excluding hydrogens is 367 g/mol. The van der Waals surface area contributed by atoms with Crippen molar-refractivity contribution in [3.63, 3.8) is 0 Å². The van der Waals surface area contributed by atoms with Gasteiger partial charge in [-0.25, -0.2) is 9.18 Å². The number of para-hydroxylation sites is 1. The third-order valence-corrected chi connectivity index (χ3v) is 3.69. The molecule has 9 heteroatoms. The summed E-state index contributed by atoms with van der Waals surface area (Å²) in [4.78, 5) is 23.1. The zero-order valence-electron chi connectivity index (χ0n) is 13.6. The fourth-order valence-electron chi connectivity index (χ4n) is 2.70. The summed E-state index contributed by atoms with van der Waals surface area (Å²) >= 11 is 0. The van der Waals surface area contributed by atoms with E-state index in [9.17, 15) is 22.8 Å². The van der Waals surface area contributed by atoms with Gasteiger partial charge in [-0.15, -0.1) is 0 Å². The van der Waals surface area contributed by atoms with Crippen LogP contribution in [0.25, 0.3) is 10.9 Å². The Morgan fingerprint density at radius 1 is 1.19 bits per heavy atom. The first-order valence-electron chi connectivity index (χ1n) is 7.61. The summed E-state index contributed by atoms with van der Waals surface area (Å²) in [6, 6.07) is 9.51. The molecule has 0 aliphatic heterocycles. The van der Waals surface area contributed by atoms with Crippen molar-refractivity contribution in [2.75, 3.05) is 0 Å². The minimum Gasteiger partial charge on any atom is -0.449 e. The van der Waals surface area contributed by atoms with Crippen molar-refractivity contribution in [2.45, 2.75) is 13.2 Å². The lowest BCUT2D eigenvalue weighted by molar-refractivity contribution is -0.0498. The van der Waals surface area contributed by atoms with Gasteiger partial charge in [0.15, 0.2) is 5.75 Å². The molecule has 0 bridgehead atoms. The fourth-order valence-corrected chi connectivity index (χ4v) is 2.70. The number of hydrogen-bond acceptors (Lipinski definition) is 4. The number of alkyl halides is 2. The monoisotopic (exact) mass is 379 g/mol. The van der Waals surface area contributed by atoms with Crippen molar-refractivity contribution in [1.29, 1.82) is 0 Å². The van der Waals surface area contributed by atoms with E-state index in [0.29, 0.717) is 5.56 Å². The van der Waals surface area contributed by atoms with Crippen LogP contribution in [-0.4, -0.2) is 22.4 Å². The van der Waals surface area contributed by atoms with Crippen molar-refractivity contribution in [3.05, 3.63) is 70.3 Å². The molecule has 1 heterocycles. The molecule has 1 N–H and O–H groups in total. The van der Waals surface area contributed by atoms with Crippen molar-refractivity contribution in [3.8, 4) is 11.5 Å². The van der Waals surface area contributed by atoms with E-state index in [0.717, 1.165) is 12.3 Å². The number of nitrogens with zero attached hydrogens (tertiary/aromatic N) is 1. The molecule has 0 aliphatic rings. The summed E-state index contributed by atoms with van der Waals surface area (Å²) in [5.74, 6) is -1.29. The van der Waals surface area contributed by atoms with E-state index in [1.54, 1.807) is 6.07 Å². The number of pyridine rings is 1. The van der Waals surface area contributed by atoms with Gasteiger partial charge in [0.1, 0.15) is 11.6 Å². The van der Waals surface area contributed by atoms with Gasteiger partial charge in [0.05, 0.1) is 17.1 Å². The van der Waals surface area contributed by atoms with Crippen LogP contribution in [-0.2, 0) is 6.54 Å². The Bertz CT molecular complexity index is 1060. The van der Waals surface area contributed by atoms with E-state index < -0.39 is 29.8 Å². The van der Waals surface area contributed by atoms with E-state index in [2.05, 4.69) is 9.47 Å². The molecule has 1 aromatic heterocycles. The number of aromatic nitrogens is 1. The molecule has 0 fully saturated rings. The van der Waals surface area contributed by atoms with Gasteiger partial charge in [0, 0.05) is 6.54 Å². The van der Waals surface area contributed by atoms with E-state index in [1.807, 2.05) is 0 Å². The molecule has 0 atom stereocenters. The van der Waals surface area contributed by atoms with Crippen molar-refractivity contribution in [1.82, 2.24) is 4.57 Å². The minimum atomic E-state index is -3.00. The quantitative estimate of drug-likeness (QED) is 0.682. The summed E-state index contributed by atoms with van der Waals surface area (Å²) < 4.78 is 49.2. The molecule has 0 unspecified atom stereocenters. The zero-order chi connectivity index (χ0) is 19.6. The second kappa shape index (κ2) is 7.40. The standard InChI is InChI=1S/C18H12F3NO5/c19-13-6-2-5-12-15(13)22(9-14(16(12)23)27-18(24)25)8-10-3-1-4-11(7-10)26-17(20)21/h1-7,9,17H,8H2,(H,24,25). The lowest BCUT2D eigenvalue weighted by Gasteiger charge is -2.14. The minimum absolute atomic E-state index is 0.0475. The van der Waals surface area contributed by atoms with Crippen LogP contribution in [0.15, 0.2) is 53.5 Å². The van der Waals surface area contributed by atoms with E-state index in [1.165, 1.54) is 34.9 Å². The molecule has 6 nitrogen and oxygen atoms in total. The van der Waals surface area contributed by atoms with Gasteiger partial charge in [-0.1, -0.05) is 18.2 Å². The molecular formula is C18H12F3NO5. The lowest BCUT2D eigenvalue weighted by atomic mass is 10.1.